The Morgan fingerprint density at radius 1 is 1.20 bits per heavy atom. The van der Waals surface area contributed by atoms with Crippen molar-refractivity contribution in [3.8, 4) is 0 Å². The summed E-state index contributed by atoms with van der Waals surface area (Å²) in [6, 6.07) is 10.4. The number of hydrogen-bond donors (Lipinski definition) is 1. The van der Waals surface area contributed by atoms with Crippen molar-refractivity contribution in [3.05, 3.63) is 36.0 Å². The van der Waals surface area contributed by atoms with Crippen LogP contribution in [0.15, 0.2) is 30.3 Å². The first-order valence-electron chi connectivity index (χ1n) is 9.08. The van der Waals surface area contributed by atoms with Gasteiger partial charge >= 0.3 is 0 Å². The van der Waals surface area contributed by atoms with E-state index >= 15 is 0 Å². The number of nitrogens with zero attached hydrogens (tertiary/aromatic N) is 2. The van der Waals surface area contributed by atoms with Crippen molar-refractivity contribution in [2.24, 2.45) is 5.92 Å². The maximum absolute atomic E-state index is 12.5. The van der Waals surface area contributed by atoms with Crippen molar-refractivity contribution < 1.29 is 9.59 Å². The van der Waals surface area contributed by atoms with Crippen LogP contribution < -0.4 is 5.32 Å². The van der Waals surface area contributed by atoms with Crippen LogP contribution in [0, 0.1) is 12.8 Å². The van der Waals surface area contributed by atoms with Crippen LogP contribution in [0.2, 0.25) is 0 Å². The quantitative estimate of drug-likeness (QED) is 0.930. The zero-order valence-electron chi connectivity index (χ0n) is 15.3. The highest BCUT2D eigenvalue weighted by Gasteiger charge is 2.25. The molecule has 1 aliphatic rings. The summed E-state index contributed by atoms with van der Waals surface area (Å²) in [4.78, 5) is 26.4. The van der Waals surface area contributed by atoms with E-state index in [0.29, 0.717) is 6.54 Å². The molecule has 5 heteroatoms. The molecule has 0 radical (unpaired) electrons. The van der Waals surface area contributed by atoms with Gasteiger partial charge in [-0.3, -0.25) is 9.59 Å². The summed E-state index contributed by atoms with van der Waals surface area (Å²) in [7, 11) is 0. The molecule has 3 rings (SSSR count). The molecular formula is C20H27N3O2. The van der Waals surface area contributed by atoms with Gasteiger partial charge in [0.15, 0.2) is 0 Å². The van der Waals surface area contributed by atoms with Gasteiger partial charge < -0.3 is 14.8 Å². The summed E-state index contributed by atoms with van der Waals surface area (Å²) in [6.45, 7) is 7.69. The smallest absolute Gasteiger partial charge is 0.240 e. The minimum Gasteiger partial charge on any atom is -0.352 e. The highest BCUT2D eigenvalue weighted by Crippen LogP contribution is 2.19. The van der Waals surface area contributed by atoms with E-state index in [0.717, 1.165) is 42.5 Å². The second kappa shape index (κ2) is 7.30. The molecule has 0 saturated carbocycles. The maximum atomic E-state index is 12.5. The van der Waals surface area contributed by atoms with Gasteiger partial charge in [-0.1, -0.05) is 32.0 Å². The molecule has 0 atom stereocenters. The number of fused-ring (bicyclic) bond motifs is 1. The lowest BCUT2D eigenvalue weighted by Crippen LogP contribution is -2.48. The van der Waals surface area contributed by atoms with Gasteiger partial charge in [-0.2, -0.15) is 0 Å². The van der Waals surface area contributed by atoms with E-state index in [4.69, 9.17) is 0 Å². The molecule has 0 unspecified atom stereocenters. The van der Waals surface area contributed by atoms with Crippen molar-refractivity contribution >= 4 is 22.7 Å². The predicted molar refractivity (Wildman–Crippen MR) is 99.3 cm³/mol. The fourth-order valence-corrected chi connectivity index (χ4v) is 3.58. The Kier molecular flexibility index (Phi) is 5.11. The first kappa shape index (κ1) is 17.5. The highest BCUT2D eigenvalue weighted by molar-refractivity contribution is 5.84. The number of benzene rings is 1. The van der Waals surface area contributed by atoms with Crippen LogP contribution in [-0.2, 0) is 16.1 Å². The number of piperidine rings is 1. The highest BCUT2D eigenvalue weighted by atomic mass is 16.2. The number of carbonyl (C=O) groups excluding carboxylic acids is 2. The number of carbonyl (C=O) groups is 2. The van der Waals surface area contributed by atoms with E-state index in [9.17, 15) is 9.59 Å². The molecule has 2 heterocycles. The molecule has 2 aromatic rings. The van der Waals surface area contributed by atoms with E-state index in [2.05, 4.69) is 22.0 Å². The largest absolute Gasteiger partial charge is 0.352 e. The third-order valence-corrected chi connectivity index (χ3v) is 4.99. The number of aryl methyl sites for hydroxylation is 1. The van der Waals surface area contributed by atoms with Crippen LogP contribution in [0.4, 0.5) is 0 Å². The van der Waals surface area contributed by atoms with E-state index in [-0.39, 0.29) is 23.8 Å². The van der Waals surface area contributed by atoms with E-state index < -0.39 is 0 Å². The number of rotatable bonds is 4. The van der Waals surface area contributed by atoms with Gasteiger partial charge in [0.1, 0.15) is 6.54 Å². The van der Waals surface area contributed by atoms with Crippen LogP contribution >= 0.6 is 0 Å². The van der Waals surface area contributed by atoms with Crippen molar-refractivity contribution in [2.75, 3.05) is 13.1 Å². The fourth-order valence-electron chi connectivity index (χ4n) is 3.58. The first-order valence-corrected chi connectivity index (χ1v) is 9.08. The van der Waals surface area contributed by atoms with Gasteiger partial charge in [-0.25, -0.2) is 0 Å². The lowest BCUT2D eigenvalue weighted by atomic mass is 10.0. The van der Waals surface area contributed by atoms with Crippen molar-refractivity contribution in [1.82, 2.24) is 14.8 Å². The number of likely N-dealkylation sites (tertiary alicyclic amines) is 1. The molecule has 1 aliphatic heterocycles. The van der Waals surface area contributed by atoms with Gasteiger partial charge in [-0.15, -0.1) is 0 Å². The zero-order chi connectivity index (χ0) is 18.0. The summed E-state index contributed by atoms with van der Waals surface area (Å²) in [6.07, 6.45) is 1.66. The molecule has 134 valence electrons. The van der Waals surface area contributed by atoms with Crippen molar-refractivity contribution in [2.45, 2.75) is 46.2 Å². The molecule has 0 spiro atoms. The average Bonchev–Trinajstić information content (AvgIpc) is 2.90. The SMILES string of the molecule is Cc1cc2ccccc2n1CC(=O)NC1CCN(C(=O)C(C)C)CC1. The summed E-state index contributed by atoms with van der Waals surface area (Å²) in [5, 5.41) is 4.30. The molecule has 25 heavy (non-hydrogen) atoms. The summed E-state index contributed by atoms with van der Waals surface area (Å²) in [5.74, 6) is 0.286. The maximum Gasteiger partial charge on any atom is 0.240 e. The summed E-state index contributed by atoms with van der Waals surface area (Å²) < 4.78 is 2.06. The topological polar surface area (TPSA) is 54.3 Å². The van der Waals surface area contributed by atoms with Crippen LogP contribution in [0.1, 0.15) is 32.4 Å². The minimum atomic E-state index is 0.0381. The van der Waals surface area contributed by atoms with Crippen molar-refractivity contribution in [1.29, 1.82) is 0 Å². The van der Waals surface area contributed by atoms with Crippen LogP contribution in [0.25, 0.3) is 10.9 Å². The molecule has 5 nitrogen and oxygen atoms in total. The lowest BCUT2D eigenvalue weighted by Gasteiger charge is -2.33. The molecule has 1 aromatic carbocycles. The van der Waals surface area contributed by atoms with E-state index in [1.54, 1.807) is 0 Å². The van der Waals surface area contributed by atoms with Crippen LogP contribution in [-0.4, -0.2) is 40.4 Å². The van der Waals surface area contributed by atoms with Gasteiger partial charge in [0.05, 0.1) is 0 Å². The standard InChI is InChI=1S/C20H27N3O2/c1-14(2)20(25)22-10-8-17(9-11-22)21-19(24)13-23-15(3)12-16-6-4-5-7-18(16)23/h4-7,12,14,17H,8-11,13H2,1-3H3,(H,21,24). The van der Waals surface area contributed by atoms with Crippen LogP contribution in [0.5, 0.6) is 0 Å². The van der Waals surface area contributed by atoms with Crippen molar-refractivity contribution in [3.63, 3.8) is 0 Å². The number of amides is 2. The number of hydrogen-bond acceptors (Lipinski definition) is 2. The zero-order valence-corrected chi connectivity index (χ0v) is 15.3. The average molecular weight is 341 g/mol. The molecule has 1 saturated heterocycles. The van der Waals surface area contributed by atoms with E-state index in [1.165, 1.54) is 0 Å². The third kappa shape index (κ3) is 3.86. The Morgan fingerprint density at radius 2 is 1.88 bits per heavy atom. The Labute approximate surface area is 149 Å². The Balaban J connectivity index is 1.57. The molecule has 0 bridgehead atoms. The lowest BCUT2D eigenvalue weighted by molar-refractivity contribution is -0.135. The second-order valence-electron chi connectivity index (χ2n) is 7.25. The normalized spacial score (nSPS) is 15.8. The van der Waals surface area contributed by atoms with Crippen LogP contribution in [0.3, 0.4) is 0 Å². The monoisotopic (exact) mass is 341 g/mol. The van der Waals surface area contributed by atoms with Gasteiger partial charge in [0.25, 0.3) is 0 Å². The Hall–Kier alpha value is -2.30. The predicted octanol–water partition coefficient (Wildman–Crippen LogP) is 2.71. The van der Waals surface area contributed by atoms with Gasteiger partial charge in [-0.05, 0) is 37.3 Å². The summed E-state index contributed by atoms with van der Waals surface area (Å²) in [5.41, 5.74) is 2.18. The Morgan fingerprint density at radius 3 is 2.56 bits per heavy atom. The number of nitrogens with one attached hydrogen (secondary N) is 1. The Bertz CT molecular complexity index is 770. The fraction of sp³-hybridized carbons (Fsp3) is 0.500. The molecule has 0 aliphatic carbocycles. The third-order valence-electron chi connectivity index (χ3n) is 4.99. The van der Waals surface area contributed by atoms with Gasteiger partial charge in [0.2, 0.25) is 11.8 Å². The minimum absolute atomic E-state index is 0.0381. The van der Waals surface area contributed by atoms with E-state index in [1.807, 2.05) is 43.9 Å². The molecule has 1 N–H and O–H groups in total. The number of aromatic nitrogens is 1. The summed E-state index contributed by atoms with van der Waals surface area (Å²) >= 11 is 0. The number of para-hydroxylation sites is 1. The second-order valence-corrected chi connectivity index (χ2v) is 7.25. The molecule has 1 aromatic heterocycles. The molecule has 1 fully saturated rings. The first-order chi connectivity index (χ1) is 12.0. The van der Waals surface area contributed by atoms with Gasteiger partial charge in [0, 0.05) is 36.3 Å². The molecule has 2 amide bonds. The molecular weight excluding hydrogens is 314 g/mol.